The van der Waals surface area contributed by atoms with Gasteiger partial charge in [0.05, 0.1) is 6.04 Å². The van der Waals surface area contributed by atoms with Gasteiger partial charge in [-0.05, 0) is 42.4 Å². The molecule has 0 bridgehead atoms. The summed E-state index contributed by atoms with van der Waals surface area (Å²) in [5, 5.41) is 3.29. The lowest BCUT2D eigenvalue weighted by molar-refractivity contribution is -0.148. The summed E-state index contributed by atoms with van der Waals surface area (Å²) in [5.41, 5.74) is 4.14. The van der Waals surface area contributed by atoms with Gasteiger partial charge in [-0.15, -0.1) is 0 Å². The molecular weight excluding hydrogens is 252 g/mol. The fourth-order valence-electron chi connectivity index (χ4n) is 3.08. The molecule has 20 heavy (non-hydrogen) atoms. The molecule has 4 nitrogen and oxygen atoms in total. The summed E-state index contributed by atoms with van der Waals surface area (Å²) in [6, 6.07) is 6.36. The Hall–Kier alpha value is -1.68. The summed E-state index contributed by atoms with van der Waals surface area (Å²) in [6.07, 6.45) is 4.66. The number of nitrogens with one attached hydrogen (secondary N) is 1. The van der Waals surface area contributed by atoms with E-state index < -0.39 is 0 Å². The number of amides is 2. The standard InChI is InChI=1S/C16H20N2O2/c1-18-15(19)8-7-14(16(18)20)17-10-11-5-6-12-3-2-4-13(12)9-11/h5-6,9,14,17H,2-4,7-8,10H2,1H3. The third-order valence-corrected chi connectivity index (χ3v) is 4.37. The fourth-order valence-corrected chi connectivity index (χ4v) is 3.08. The van der Waals surface area contributed by atoms with Crippen molar-refractivity contribution in [2.45, 2.75) is 44.7 Å². The second-order valence-electron chi connectivity index (χ2n) is 5.72. The van der Waals surface area contributed by atoms with E-state index in [0.717, 1.165) is 0 Å². The minimum atomic E-state index is -0.231. The Morgan fingerprint density at radius 1 is 1.20 bits per heavy atom. The molecule has 0 radical (unpaired) electrons. The van der Waals surface area contributed by atoms with Crippen LogP contribution in [0.5, 0.6) is 0 Å². The minimum absolute atomic E-state index is 0.0782. The molecule has 1 aromatic rings. The molecule has 1 aliphatic heterocycles. The van der Waals surface area contributed by atoms with E-state index in [0.29, 0.717) is 19.4 Å². The van der Waals surface area contributed by atoms with E-state index in [1.54, 1.807) is 7.05 Å². The van der Waals surface area contributed by atoms with Crippen LogP contribution in [0.4, 0.5) is 0 Å². The largest absolute Gasteiger partial charge is 0.302 e. The highest BCUT2D eigenvalue weighted by Gasteiger charge is 2.31. The van der Waals surface area contributed by atoms with Crippen LogP contribution in [-0.2, 0) is 29.0 Å². The Bertz CT molecular complexity index is 553. The molecule has 1 aliphatic carbocycles. The molecule has 0 aromatic heterocycles. The number of nitrogens with zero attached hydrogens (tertiary/aromatic N) is 1. The SMILES string of the molecule is CN1C(=O)CCC(NCc2ccc3c(c2)CCC3)C1=O. The van der Waals surface area contributed by atoms with E-state index in [9.17, 15) is 9.59 Å². The molecule has 1 fully saturated rings. The molecule has 106 valence electrons. The molecule has 1 heterocycles. The van der Waals surface area contributed by atoms with Crippen LogP contribution in [0.2, 0.25) is 0 Å². The average Bonchev–Trinajstić information content (AvgIpc) is 2.91. The van der Waals surface area contributed by atoms with Crippen molar-refractivity contribution in [3.05, 3.63) is 34.9 Å². The number of likely N-dealkylation sites (N-methyl/N-ethyl adjacent to an activating group) is 1. The lowest BCUT2D eigenvalue weighted by Gasteiger charge is -2.28. The molecule has 4 heteroatoms. The lowest BCUT2D eigenvalue weighted by atomic mass is 10.0. The number of hydrogen-bond donors (Lipinski definition) is 1. The summed E-state index contributed by atoms with van der Waals surface area (Å²) in [7, 11) is 1.56. The number of carbonyl (C=O) groups is 2. The summed E-state index contributed by atoms with van der Waals surface area (Å²) in [4.78, 5) is 24.7. The summed E-state index contributed by atoms with van der Waals surface area (Å²) in [6.45, 7) is 0.686. The first-order valence-electron chi connectivity index (χ1n) is 7.29. The second kappa shape index (κ2) is 5.37. The van der Waals surface area contributed by atoms with Crippen LogP contribution in [-0.4, -0.2) is 29.8 Å². The smallest absolute Gasteiger partial charge is 0.246 e. The fraction of sp³-hybridized carbons (Fsp3) is 0.500. The van der Waals surface area contributed by atoms with Crippen LogP contribution >= 0.6 is 0 Å². The normalized spacial score (nSPS) is 22.2. The van der Waals surface area contributed by atoms with Crippen molar-refractivity contribution in [2.75, 3.05) is 7.05 Å². The van der Waals surface area contributed by atoms with Crippen molar-refractivity contribution in [3.63, 3.8) is 0 Å². The molecular formula is C16H20N2O2. The zero-order chi connectivity index (χ0) is 14.1. The first kappa shape index (κ1) is 13.3. The van der Waals surface area contributed by atoms with E-state index in [1.807, 2.05) is 0 Å². The maximum Gasteiger partial charge on any atom is 0.246 e. The van der Waals surface area contributed by atoms with Crippen LogP contribution in [0.1, 0.15) is 36.0 Å². The van der Waals surface area contributed by atoms with Crippen molar-refractivity contribution in [2.24, 2.45) is 0 Å². The highest BCUT2D eigenvalue weighted by molar-refractivity contribution is 6.00. The number of aryl methyl sites for hydroxylation is 2. The minimum Gasteiger partial charge on any atom is -0.302 e. The van der Waals surface area contributed by atoms with Crippen molar-refractivity contribution in [1.82, 2.24) is 10.2 Å². The number of fused-ring (bicyclic) bond motifs is 1. The maximum atomic E-state index is 12.0. The van der Waals surface area contributed by atoms with Crippen molar-refractivity contribution < 1.29 is 9.59 Å². The molecule has 3 rings (SSSR count). The topological polar surface area (TPSA) is 49.4 Å². The zero-order valence-corrected chi connectivity index (χ0v) is 11.8. The first-order valence-corrected chi connectivity index (χ1v) is 7.29. The van der Waals surface area contributed by atoms with Crippen LogP contribution in [0.15, 0.2) is 18.2 Å². The van der Waals surface area contributed by atoms with Gasteiger partial charge in [0.15, 0.2) is 0 Å². The van der Waals surface area contributed by atoms with Gasteiger partial charge in [-0.3, -0.25) is 14.5 Å². The number of hydrogen-bond acceptors (Lipinski definition) is 3. The molecule has 2 amide bonds. The van der Waals surface area contributed by atoms with Crippen molar-refractivity contribution in [3.8, 4) is 0 Å². The van der Waals surface area contributed by atoms with Crippen molar-refractivity contribution in [1.29, 1.82) is 0 Å². The van der Waals surface area contributed by atoms with Gasteiger partial charge in [0, 0.05) is 20.0 Å². The van der Waals surface area contributed by atoms with Crippen LogP contribution in [0, 0.1) is 0 Å². The third-order valence-electron chi connectivity index (χ3n) is 4.37. The summed E-state index contributed by atoms with van der Waals surface area (Å²) >= 11 is 0. The van der Waals surface area contributed by atoms with Crippen LogP contribution < -0.4 is 5.32 Å². The molecule has 1 unspecified atom stereocenters. The van der Waals surface area contributed by atoms with Gasteiger partial charge in [-0.2, -0.15) is 0 Å². The number of rotatable bonds is 3. The summed E-state index contributed by atoms with van der Waals surface area (Å²) in [5.74, 6) is -0.187. The number of carbonyl (C=O) groups excluding carboxylic acids is 2. The Morgan fingerprint density at radius 3 is 2.85 bits per heavy atom. The highest BCUT2D eigenvalue weighted by Crippen LogP contribution is 2.23. The molecule has 0 spiro atoms. The predicted octanol–water partition coefficient (Wildman–Crippen LogP) is 1.41. The molecule has 2 aliphatic rings. The molecule has 1 N–H and O–H groups in total. The van der Waals surface area contributed by atoms with E-state index in [1.165, 1.54) is 40.9 Å². The Kier molecular flexibility index (Phi) is 3.57. The van der Waals surface area contributed by atoms with E-state index >= 15 is 0 Å². The zero-order valence-electron chi connectivity index (χ0n) is 11.8. The van der Waals surface area contributed by atoms with Gasteiger partial charge < -0.3 is 5.32 Å². The van der Waals surface area contributed by atoms with Crippen LogP contribution in [0.3, 0.4) is 0 Å². The second-order valence-corrected chi connectivity index (χ2v) is 5.72. The molecule has 1 saturated heterocycles. The highest BCUT2D eigenvalue weighted by atomic mass is 16.2. The van der Waals surface area contributed by atoms with Gasteiger partial charge in [-0.25, -0.2) is 0 Å². The third kappa shape index (κ3) is 2.48. The molecule has 1 atom stereocenters. The monoisotopic (exact) mass is 272 g/mol. The summed E-state index contributed by atoms with van der Waals surface area (Å²) < 4.78 is 0. The van der Waals surface area contributed by atoms with Crippen LogP contribution in [0.25, 0.3) is 0 Å². The van der Waals surface area contributed by atoms with Gasteiger partial charge in [0.2, 0.25) is 11.8 Å². The van der Waals surface area contributed by atoms with Gasteiger partial charge in [0.1, 0.15) is 0 Å². The van der Waals surface area contributed by atoms with E-state index in [-0.39, 0.29) is 17.9 Å². The Morgan fingerprint density at radius 2 is 2.00 bits per heavy atom. The quantitative estimate of drug-likeness (QED) is 0.846. The van der Waals surface area contributed by atoms with E-state index in [2.05, 4.69) is 23.5 Å². The maximum absolute atomic E-state index is 12.0. The average molecular weight is 272 g/mol. The molecule has 1 aromatic carbocycles. The number of benzene rings is 1. The van der Waals surface area contributed by atoms with Gasteiger partial charge in [-0.1, -0.05) is 18.2 Å². The number of likely N-dealkylation sites (tertiary alicyclic amines) is 1. The Balaban J connectivity index is 1.62. The lowest BCUT2D eigenvalue weighted by Crippen LogP contribution is -2.51. The predicted molar refractivity (Wildman–Crippen MR) is 76.1 cm³/mol. The number of imide groups is 1. The van der Waals surface area contributed by atoms with Gasteiger partial charge >= 0.3 is 0 Å². The molecule has 0 saturated carbocycles. The number of piperidine rings is 1. The Labute approximate surface area is 119 Å². The van der Waals surface area contributed by atoms with Crippen molar-refractivity contribution >= 4 is 11.8 Å². The first-order chi connectivity index (χ1) is 9.65. The van der Waals surface area contributed by atoms with Gasteiger partial charge in [0.25, 0.3) is 0 Å². The van der Waals surface area contributed by atoms with E-state index in [4.69, 9.17) is 0 Å².